The fourth-order valence-electron chi connectivity index (χ4n) is 2.06. The van der Waals surface area contributed by atoms with Gasteiger partial charge in [0.05, 0.1) is 6.61 Å². The second kappa shape index (κ2) is 8.44. The lowest BCUT2D eigenvalue weighted by Crippen LogP contribution is -2.45. The Hall–Kier alpha value is -1.01. The number of ether oxygens (including phenoxy) is 1. The molecule has 21 heavy (non-hydrogen) atoms. The molecule has 1 atom stereocenters. The Balaban J connectivity index is 3.29. The summed E-state index contributed by atoms with van der Waals surface area (Å²) in [4.78, 5) is 24.3. The molecule has 0 amide bonds. The molecule has 0 aliphatic rings. The number of carbonyl (C=O) groups is 2. The summed E-state index contributed by atoms with van der Waals surface area (Å²) in [7, 11) is 0. The van der Waals surface area contributed by atoms with Crippen molar-refractivity contribution in [2.24, 2.45) is 0 Å². The Morgan fingerprint density at radius 2 is 2.10 bits per heavy atom. The Kier molecular flexibility index (Phi) is 7.25. The number of carboxylic acid groups (broad SMARTS) is 1. The minimum atomic E-state index is -1.65. The molecule has 6 heteroatoms. The zero-order chi connectivity index (χ0) is 15.9. The molecular formula is C15H19BrO4S. The number of benzene rings is 1. The highest BCUT2D eigenvalue weighted by molar-refractivity contribution is 9.10. The van der Waals surface area contributed by atoms with Crippen molar-refractivity contribution in [2.75, 3.05) is 18.1 Å². The maximum absolute atomic E-state index is 12.4. The molecule has 0 fully saturated rings. The molecule has 0 saturated heterocycles. The van der Waals surface area contributed by atoms with Gasteiger partial charge in [0.2, 0.25) is 0 Å². The first-order chi connectivity index (χ1) is 9.98. The van der Waals surface area contributed by atoms with Gasteiger partial charge < -0.3 is 9.84 Å². The van der Waals surface area contributed by atoms with Crippen molar-refractivity contribution in [2.45, 2.75) is 25.7 Å². The number of rotatable bonds is 8. The van der Waals surface area contributed by atoms with Gasteiger partial charge in [0.1, 0.15) is 0 Å². The van der Waals surface area contributed by atoms with Crippen molar-refractivity contribution in [1.29, 1.82) is 0 Å². The zero-order valence-corrected chi connectivity index (χ0v) is 14.5. The van der Waals surface area contributed by atoms with E-state index in [0.29, 0.717) is 11.3 Å². The number of esters is 1. The van der Waals surface area contributed by atoms with Gasteiger partial charge in [0.15, 0.2) is 5.41 Å². The van der Waals surface area contributed by atoms with Gasteiger partial charge in [0, 0.05) is 4.47 Å². The van der Waals surface area contributed by atoms with Crippen LogP contribution in [0.15, 0.2) is 28.7 Å². The number of halogens is 1. The number of carbonyl (C=O) groups excluding carboxylic acids is 1. The first-order valence-electron chi connectivity index (χ1n) is 6.73. The summed E-state index contributed by atoms with van der Waals surface area (Å²) < 4.78 is 5.78. The molecule has 1 aromatic carbocycles. The Bertz CT molecular complexity index is 506. The van der Waals surface area contributed by atoms with E-state index in [0.717, 1.165) is 10.2 Å². The quantitative estimate of drug-likeness (QED) is 0.428. The average Bonchev–Trinajstić information content (AvgIpc) is 2.43. The number of hydrogen-bond acceptors (Lipinski definition) is 4. The van der Waals surface area contributed by atoms with E-state index in [1.54, 1.807) is 43.0 Å². The molecule has 0 aliphatic carbocycles. The van der Waals surface area contributed by atoms with Crippen LogP contribution in [-0.4, -0.2) is 35.2 Å². The Morgan fingerprint density at radius 3 is 2.62 bits per heavy atom. The van der Waals surface area contributed by atoms with Gasteiger partial charge in [-0.25, -0.2) is 0 Å². The molecule has 1 rings (SSSR count). The summed E-state index contributed by atoms with van der Waals surface area (Å²) in [5.74, 6) is -0.423. The van der Waals surface area contributed by atoms with Crippen LogP contribution in [0.4, 0.5) is 0 Å². The van der Waals surface area contributed by atoms with E-state index in [1.165, 1.54) is 0 Å². The van der Waals surface area contributed by atoms with Crippen LogP contribution in [0.5, 0.6) is 0 Å². The molecule has 0 aliphatic heterocycles. The molecule has 0 saturated carbocycles. The van der Waals surface area contributed by atoms with Crippen LogP contribution in [0.2, 0.25) is 0 Å². The first kappa shape index (κ1) is 18.0. The third-order valence-corrected chi connectivity index (χ3v) is 4.53. The maximum Gasteiger partial charge on any atom is 0.328 e. The van der Waals surface area contributed by atoms with E-state index >= 15 is 0 Å². The number of aliphatic carboxylic acids is 1. The molecule has 0 bridgehead atoms. The topological polar surface area (TPSA) is 63.6 Å². The van der Waals surface area contributed by atoms with Gasteiger partial charge >= 0.3 is 11.9 Å². The summed E-state index contributed by atoms with van der Waals surface area (Å²) in [5, 5.41) is 9.74. The van der Waals surface area contributed by atoms with E-state index in [1.807, 2.05) is 6.92 Å². The highest BCUT2D eigenvalue weighted by atomic mass is 79.9. The minimum absolute atomic E-state index is 0.156. The molecule has 0 radical (unpaired) electrons. The first-order valence-corrected chi connectivity index (χ1v) is 8.68. The van der Waals surface area contributed by atoms with Crippen molar-refractivity contribution in [3.8, 4) is 0 Å². The normalized spacial score (nSPS) is 13.5. The summed E-state index contributed by atoms with van der Waals surface area (Å²) in [5.41, 5.74) is -1.21. The lowest BCUT2D eigenvalue weighted by atomic mass is 9.78. The lowest BCUT2D eigenvalue weighted by molar-refractivity contribution is -0.161. The summed E-state index contributed by atoms with van der Waals surface area (Å²) in [6.45, 7) is 3.82. The van der Waals surface area contributed by atoms with E-state index in [-0.39, 0.29) is 13.0 Å². The highest BCUT2D eigenvalue weighted by Crippen LogP contribution is 2.33. The van der Waals surface area contributed by atoms with Crippen LogP contribution in [0, 0.1) is 0 Å². The fourth-order valence-corrected chi connectivity index (χ4v) is 3.20. The molecule has 4 nitrogen and oxygen atoms in total. The van der Waals surface area contributed by atoms with Crippen molar-refractivity contribution in [1.82, 2.24) is 0 Å². The third-order valence-electron chi connectivity index (χ3n) is 3.13. The van der Waals surface area contributed by atoms with Crippen molar-refractivity contribution in [3.05, 3.63) is 34.3 Å². The molecular weight excluding hydrogens is 356 g/mol. The van der Waals surface area contributed by atoms with Gasteiger partial charge in [0.25, 0.3) is 0 Å². The molecule has 0 heterocycles. The number of thioether (sulfide) groups is 1. The average molecular weight is 375 g/mol. The predicted molar refractivity (Wildman–Crippen MR) is 87.7 cm³/mol. The molecule has 1 unspecified atom stereocenters. The third kappa shape index (κ3) is 4.23. The molecule has 1 N–H and O–H groups in total. The predicted octanol–water partition coefficient (Wildman–Crippen LogP) is 3.48. The Morgan fingerprint density at radius 1 is 1.38 bits per heavy atom. The van der Waals surface area contributed by atoms with Crippen LogP contribution in [-0.2, 0) is 19.7 Å². The SMILES string of the molecule is CCOC(=O)C(CCSCC)(C(=O)O)c1cccc(Br)c1. The lowest BCUT2D eigenvalue weighted by Gasteiger charge is -2.27. The smallest absolute Gasteiger partial charge is 0.328 e. The summed E-state index contributed by atoms with van der Waals surface area (Å²) >= 11 is 4.93. The van der Waals surface area contributed by atoms with Crippen molar-refractivity contribution < 1.29 is 19.4 Å². The molecule has 0 spiro atoms. The van der Waals surface area contributed by atoms with Crippen LogP contribution >= 0.6 is 27.7 Å². The van der Waals surface area contributed by atoms with Crippen LogP contribution in [0.3, 0.4) is 0 Å². The monoisotopic (exact) mass is 374 g/mol. The molecule has 116 valence electrons. The van der Waals surface area contributed by atoms with Gasteiger partial charge in [-0.15, -0.1) is 0 Å². The Labute approximate surface area is 137 Å². The summed E-state index contributed by atoms with van der Waals surface area (Å²) in [6, 6.07) is 6.85. The van der Waals surface area contributed by atoms with Crippen LogP contribution < -0.4 is 0 Å². The largest absolute Gasteiger partial charge is 0.480 e. The van der Waals surface area contributed by atoms with Crippen LogP contribution in [0.1, 0.15) is 25.8 Å². The van der Waals surface area contributed by atoms with E-state index in [4.69, 9.17) is 4.74 Å². The van der Waals surface area contributed by atoms with Gasteiger partial charge in [-0.1, -0.05) is 35.0 Å². The summed E-state index contributed by atoms with van der Waals surface area (Å²) in [6.07, 6.45) is 0.204. The second-order valence-electron chi connectivity index (χ2n) is 4.39. The van der Waals surface area contributed by atoms with E-state index < -0.39 is 17.4 Å². The zero-order valence-electron chi connectivity index (χ0n) is 12.1. The van der Waals surface area contributed by atoms with Gasteiger partial charge in [-0.2, -0.15) is 11.8 Å². The van der Waals surface area contributed by atoms with E-state index in [9.17, 15) is 14.7 Å². The molecule has 1 aromatic rings. The maximum atomic E-state index is 12.4. The number of carboxylic acids is 1. The van der Waals surface area contributed by atoms with Crippen LogP contribution in [0.25, 0.3) is 0 Å². The van der Waals surface area contributed by atoms with Crippen molar-refractivity contribution >= 4 is 39.6 Å². The van der Waals surface area contributed by atoms with E-state index in [2.05, 4.69) is 15.9 Å². The fraction of sp³-hybridized carbons (Fsp3) is 0.467. The van der Waals surface area contributed by atoms with Crippen molar-refractivity contribution in [3.63, 3.8) is 0 Å². The van der Waals surface area contributed by atoms with Gasteiger partial charge in [-0.3, -0.25) is 9.59 Å². The number of hydrogen-bond donors (Lipinski definition) is 1. The minimum Gasteiger partial charge on any atom is -0.480 e. The molecule has 0 aromatic heterocycles. The standard InChI is InChI=1S/C15H19BrO4S/c1-3-20-14(19)15(13(17)18,8-9-21-4-2)11-6-5-7-12(16)10-11/h5-7,10H,3-4,8-9H2,1-2H3,(H,17,18). The highest BCUT2D eigenvalue weighted by Gasteiger charge is 2.49. The second-order valence-corrected chi connectivity index (χ2v) is 6.70. The van der Waals surface area contributed by atoms with Gasteiger partial charge in [-0.05, 0) is 42.5 Å².